The van der Waals surface area contributed by atoms with Gasteiger partial charge in [-0.1, -0.05) is 97.5 Å². The predicted octanol–water partition coefficient (Wildman–Crippen LogP) is 11.6. The number of allylic oxidation sites excluding steroid dienone is 2. The summed E-state index contributed by atoms with van der Waals surface area (Å²) in [6.07, 6.45) is 10.3. The number of aliphatic hydroxyl groups is 1. The van der Waals surface area contributed by atoms with Crippen molar-refractivity contribution in [3.8, 4) is 22.7 Å². The van der Waals surface area contributed by atoms with E-state index in [-0.39, 0.29) is 47.9 Å². The van der Waals surface area contributed by atoms with Crippen molar-refractivity contribution in [2.45, 2.75) is 106 Å². The summed E-state index contributed by atoms with van der Waals surface area (Å²) in [5.41, 5.74) is 6.96. The Kier molecular flexibility index (Phi) is 11.8. The van der Waals surface area contributed by atoms with Crippen LogP contribution in [-0.4, -0.2) is 20.9 Å². The molecule has 1 aliphatic rings. The van der Waals surface area contributed by atoms with Gasteiger partial charge >= 0.3 is 0 Å². The molecule has 0 atom stereocenters. The molecule has 0 unspecified atom stereocenters. The fraction of sp³-hybridized carbons (Fsp3) is 0.419. The van der Waals surface area contributed by atoms with E-state index in [4.69, 9.17) is 9.40 Å². The maximum atomic E-state index is 12.2. The Morgan fingerprint density at radius 3 is 2.16 bits per heavy atom. The van der Waals surface area contributed by atoms with Gasteiger partial charge in [-0.25, -0.2) is 0 Å². The second kappa shape index (κ2) is 15.1. The van der Waals surface area contributed by atoms with Crippen LogP contribution in [0, 0.1) is 16.9 Å². The molecule has 3 heterocycles. The van der Waals surface area contributed by atoms with Gasteiger partial charge in [0.15, 0.2) is 11.5 Å². The normalized spacial score (nSPS) is 13.3. The summed E-state index contributed by atoms with van der Waals surface area (Å²) in [7, 11) is 0. The fourth-order valence-corrected chi connectivity index (χ4v) is 6.51. The van der Waals surface area contributed by atoms with Gasteiger partial charge in [0.05, 0.1) is 0 Å². The summed E-state index contributed by atoms with van der Waals surface area (Å²) in [4.78, 5) is 21.6. The van der Waals surface area contributed by atoms with Crippen LogP contribution >= 0.6 is 0 Å². The van der Waals surface area contributed by atoms with Gasteiger partial charge in [-0.2, -0.15) is 0 Å². The number of ketones is 1. The zero-order chi connectivity index (χ0) is 34.9. The van der Waals surface area contributed by atoms with Crippen molar-refractivity contribution in [2.75, 3.05) is 0 Å². The Morgan fingerprint density at radius 2 is 1.51 bits per heavy atom. The van der Waals surface area contributed by atoms with Gasteiger partial charge in [0, 0.05) is 66.0 Å². The average Bonchev–Trinajstić information content (AvgIpc) is 3.49. The molecule has 0 bridgehead atoms. The third-order valence-corrected chi connectivity index (χ3v) is 10.9. The smallest absolute Gasteiger partial charge is 0.164 e. The molecule has 5 nitrogen and oxygen atoms in total. The van der Waals surface area contributed by atoms with E-state index in [0.29, 0.717) is 0 Å². The van der Waals surface area contributed by atoms with Gasteiger partial charge in [-0.05, 0) is 61.6 Å². The van der Waals surface area contributed by atoms with Crippen LogP contribution in [0.2, 0.25) is 0 Å². The SMILES string of the molecule is CC(C)(C)c1cc(-c2nccc3oc4c(c23)CCc2cccnc2-4)[c-]c2ccccc12.CCC(C)(CC)C(=O)/C=C(\O)C(C)(CC)CC.[Ir]. The van der Waals surface area contributed by atoms with E-state index < -0.39 is 0 Å². The van der Waals surface area contributed by atoms with E-state index in [1.807, 2.05) is 66.1 Å². The van der Waals surface area contributed by atoms with E-state index in [2.05, 4.69) is 68.2 Å². The van der Waals surface area contributed by atoms with E-state index >= 15 is 0 Å². The first kappa shape index (κ1) is 38.2. The van der Waals surface area contributed by atoms with Crippen LogP contribution in [0.15, 0.2) is 77.2 Å². The summed E-state index contributed by atoms with van der Waals surface area (Å²) in [6.45, 7) is 18.9. The molecule has 0 spiro atoms. The number of nitrogens with zero attached hydrogens (tertiary/aromatic N) is 2. The van der Waals surface area contributed by atoms with Crippen molar-refractivity contribution in [2.24, 2.45) is 10.8 Å². The van der Waals surface area contributed by atoms with Gasteiger partial charge in [0.2, 0.25) is 0 Å². The minimum atomic E-state index is -0.337. The number of furan rings is 1. The van der Waals surface area contributed by atoms with Crippen molar-refractivity contribution in [1.82, 2.24) is 9.97 Å². The van der Waals surface area contributed by atoms with Crippen LogP contribution in [0.25, 0.3) is 44.5 Å². The van der Waals surface area contributed by atoms with Crippen LogP contribution in [-0.2, 0) is 43.2 Å². The van der Waals surface area contributed by atoms with Crippen molar-refractivity contribution < 1.29 is 34.4 Å². The minimum Gasteiger partial charge on any atom is -0.512 e. The van der Waals surface area contributed by atoms with Gasteiger partial charge < -0.3 is 9.52 Å². The second-order valence-electron chi connectivity index (χ2n) is 14.8. The van der Waals surface area contributed by atoms with Crippen LogP contribution in [0.5, 0.6) is 0 Å². The summed E-state index contributed by atoms with van der Waals surface area (Å²) in [5.74, 6) is 1.18. The first-order valence-corrected chi connectivity index (χ1v) is 17.6. The largest absolute Gasteiger partial charge is 0.512 e. The van der Waals surface area contributed by atoms with E-state index in [9.17, 15) is 9.90 Å². The summed E-state index contributed by atoms with van der Waals surface area (Å²) < 4.78 is 6.35. The fourth-order valence-electron chi connectivity index (χ4n) is 6.51. The number of fused-ring (bicyclic) bond motifs is 6. The molecule has 3 aromatic heterocycles. The number of aliphatic hydroxyl groups excluding tert-OH is 1. The second-order valence-corrected chi connectivity index (χ2v) is 14.8. The Hall–Kier alpha value is -3.60. The molecule has 0 amide bonds. The Balaban J connectivity index is 0.000000260. The molecule has 1 aliphatic carbocycles. The summed E-state index contributed by atoms with van der Waals surface area (Å²) >= 11 is 0. The molecule has 6 heteroatoms. The molecule has 1 N–H and O–H groups in total. The Morgan fingerprint density at radius 1 is 0.857 bits per heavy atom. The predicted molar refractivity (Wildman–Crippen MR) is 198 cm³/mol. The molecule has 49 heavy (non-hydrogen) atoms. The van der Waals surface area contributed by atoms with Gasteiger partial charge in [-0.3, -0.25) is 14.8 Å². The average molecular weight is 836 g/mol. The molecule has 6 rings (SSSR count). The topological polar surface area (TPSA) is 76.2 Å². The Labute approximate surface area is 306 Å². The first-order valence-electron chi connectivity index (χ1n) is 17.6. The molecular weight excluding hydrogens is 785 g/mol. The number of carbonyl (C=O) groups excluding carboxylic acids is 1. The monoisotopic (exact) mass is 836 g/mol. The molecule has 2 aromatic carbocycles. The van der Waals surface area contributed by atoms with Gasteiger partial charge in [0.1, 0.15) is 17.0 Å². The van der Waals surface area contributed by atoms with Gasteiger partial charge in [0.25, 0.3) is 0 Å². The molecule has 1 radical (unpaired) electrons. The summed E-state index contributed by atoms with van der Waals surface area (Å²) in [5, 5.41) is 13.6. The molecule has 5 aromatic rings. The molecule has 0 saturated heterocycles. The van der Waals surface area contributed by atoms with E-state index in [0.717, 1.165) is 77.6 Å². The van der Waals surface area contributed by atoms with Crippen LogP contribution in [0.1, 0.15) is 105 Å². The molecule has 261 valence electrons. The maximum absolute atomic E-state index is 12.2. The van der Waals surface area contributed by atoms with Crippen molar-refractivity contribution in [1.29, 1.82) is 0 Å². The maximum Gasteiger partial charge on any atom is 0.164 e. The van der Waals surface area contributed by atoms with E-state index in [1.54, 1.807) is 0 Å². The number of benzene rings is 2. The van der Waals surface area contributed by atoms with Crippen molar-refractivity contribution in [3.05, 3.63) is 95.5 Å². The number of rotatable bonds is 8. The number of aryl methyl sites for hydroxylation is 2. The molecular formula is C43H51IrN2O3-. The standard InChI is InChI=1S/C28H23N2O.C15H28O2.Ir/c1-28(2,3)22-16-19(15-18-7-4-5-9-20(18)22)25-24-21-11-10-17-8-6-13-29-26(17)27(21)31-23(24)12-14-30-25;1-7-14(5,8-2)12(16)11-13(17)15(6,9-3)10-4;/h4-9,12-14,16H,10-11H2,1-3H3;11,16H,7-10H2,1-6H3;/q-1;;/b;12-11-;. The number of hydrogen-bond donors (Lipinski definition) is 1. The van der Waals surface area contributed by atoms with E-state index in [1.165, 1.54) is 28.2 Å². The Bertz CT molecular complexity index is 1970. The zero-order valence-electron chi connectivity index (χ0n) is 30.6. The van der Waals surface area contributed by atoms with Gasteiger partial charge in [-0.15, -0.1) is 29.1 Å². The first-order chi connectivity index (χ1) is 22.8. The third kappa shape index (κ3) is 7.47. The molecule has 0 saturated carbocycles. The molecule has 0 fully saturated rings. The quantitative estimate of drug-likeness (QED) is 0.0957. The van der Waals surface area contributed by atoms with Crippen LogP contribution in [0.4, 0.5) is 0 Å². The molecule has 0 aliphatic heterocycles. The number of carbonyl (C=O) groups is 1. The van der Waals surface area contributed by atoms with Crippen LogP contribution < -0.4 is 0 Å². The summed E-state index contributed by atoms with van der Waals surface area (Å²) in [6, 6.07) is 20.5. The third-order valence-electron chi connectivity index (χ3n) is 10.9. The zero-order valence-corrected chi connectivity index (χ0v) is 33.0. The number of pyridine rings is 2. The van der Waals surface area contributed by atoms with Crippen molar-refractivity contribution in [3.63, 3.8) is 0 Å². The number of hydrogen-bond acceptors (Lipinski definition) is 5. The van der Waals surface area contributed by atoms with Crippen LogP contribution in [0.3, 0.4) is 0 Å². The minimum absolute atomic E-state index is 0. The van der Waals surface area contributed by atoms with Crippen molar-refractivity contribution >= 4 is 27.5 Å². The number of aromatic nitrogens is 2.